The first kappa shape index (κ1) is 28.6. The van der Waals surface area contributed by atoms with E-state index < -0.39 is 47.1 Å². The Morgan fingerprint density at radius 1 is 0.974 bits per heavy atom. The third kappa shape index (κ3) is 7.54. The Kier molecular flexibility index (Phi) is 8.87. The van der Waals surface area contributed by atoms with Gasteiger partial charge in [-0.15, -0.1) is 4.91 Å². The van der Waals surface area contributed by atoms with Gasteiger partial charge >= 0.3 is 18.2 Å². The minimum atomic E-state index is -4.73. The molecule has 0 saturated carbocycles. The largest absolute Gasteiger partial charge is 0.416 e. The average molecular weight is 567 g/mol. The van der Waals surface area contributed by atoms with Crippen molar-refractivity contribution in [2.24, 2.45) is 10.9 Å². The number of rotatable bonds is 8. The highest BCUT2D eigenvalue weighted by Gasteiger charge is 2.31. The van der Waals surface area contributed by atoms with Gasteiger partial charge in [-0.2, -0.15) is 17.5 Å². The summed E-state index contributed by atoms with van der Waals surface area (Å²) in [5.74, 6) is -3.10. The lowest BCUT2D eigenvalue weighted by atomic mass is 10.1. The van der Waals surface area contributed by atoms with Gasteiger partial charge in [0.15, 0.2) is 5.82 Å². The maximum absolute atomic E-state index is 13.9. The first-order chi connectivity index (χ1) is 18.4. The number of aromatic nitrogens is 1. The normalized spacial score (nSPS) is 10.9. The Balaban J connectivity index is 1.69. The number of primary amides is 1. The van der Waals surface area contributed by atoms with Crippen molar-refractivity contribution in [1.82, 2.24) is 9.69 Å². The molecule has 0 fully saturated rings. The molecule has 6 amide bonds. The molecule has 12 nitrogen and oxygen atoms in total. The first-order valence-electron chi connectivity index (χ1n) is 10.6. The average Bonchev–Trinajstić information content (AvgIpc) is 3.28. The molecule has 39 heavy (non-hydrogen) atoms. The van der Waals surface area contributed by atoms with Gasteiger partial charge in [-0.25, -0.2) is 14.0 Å². The predicted octanol–water partition coefficient (Wildman–Crippen LogP) is 4.52. The number of urea groups is 2. The highest BCUT2D eigenvalue weighted by atomic mass is 32.1. The zero-order valence-corrected chi connectivity index (χ0v) is 20.2. The maximum Gasteiger partial charge on any atom is 0.416 e. The van der Waals surface area contributed by atoms with Crippen LogP contribution in [0.2, 0.25) is 0 Å². The second kappa shape index (κ2) is 12.1. The van der Waals surface area contributed by atoms with Crippen LogP contribution >= 0.6 is 11.5 Å². The van der Waals surface area contributed by atoms with E-state index in [2.05, 4.69) is 25.5 Å². The number of carbonyl (C=O) groups is 4. The number of alkyl halides is 3. The second-order valence-electron chi connectivity index (χ2n) is 7.56. The Bertz CT molecular complexity index is 1430. The molecule has 1 aromatic heterocycles. The highest BCUT2D eigenvalue weighted by molar-refractivity contribution is 7.10. The number of nitrogens with one attached hydrogen (secondary N) is 4. The van der Waals surface area contributed by atoms with Gasteiger partial charge in [-0.05, 0) is 47.4 Å². The number of benzene rings is 2. The SMILES string of the molecule is NC(=O)c1c(NC(=O)NCCC(=O)N=O)nsc1-c1ccc(NC(=O)Nc2cc(C(F)(F)F)ccc2F)cc1. The Morgan fingerprint density at radius 3 is 2.28 bits per heavy atom. The van der Waals surface area contributed by atoms with Crippen molar-refractivity contribution in [3.63, 3.8) is 0 Å². The van der Waals surface area contributed by atoms with E-state index >= 15 is 0 Å². The topological polar surface area (TPSA) is 185 Å². The van der Waals surface area contributed by atoms with Crippen LogP contribution < -0.4 is 27.0 Å². The van der Waals surface area contributed by atoms with Crippen LogP contribution in [0.1, 0.15) is 22.3 Å². The number of anilines is 3. The fraction of sp³-hybridized carbons (Fsp3) is 0.136. The summed E-state index contributed by atoms with van der Waals surface area (Å²) in [7, 11) is 0. The summed E-state index contributed by atoms with van der Waals surface area (Å²) in [6.45, 7) is -0.193. The summed E-state index contributed by atoms with van der Waals surface area (Å²) in [6.07, 6.45) is -5.06. The molecule has 6 N–H and O–H groups in total. The van der Waals surface area contributed by atoms with Crippen LogP contribution in [0.3, 0.4) is 0 Å². The maximum atomic E-state index is 13.9. The molecule has 0 aliphatic rings. The minimum Gasteiger partial charge on any atom is -0.365 e. The molecule has 0 bridgehead atoms. The number of nitrogens with zero attached hydrogens (tertiary/aromatic N) is 2. The standard InChI is InChI=1S/C22H17F4N7O5S/c23-13-6-3-11(22(24,25)26)9-14(13)30-21(37)29-12-4-1-10(2-5-12)17-16(18(27)35)19(33-39-17)31-20(36)28-8-7-15(34)32-38/h1-6,9H,7-8H2,(H2,27,35)(H2,29,30,37)(H2,28,31,33,36). The monoisotopic (exact) mass is 567 g/mol. The van der Waals surface area contributed by atoms with Gasteiger partial charge in [-0.3, -0.25) is 14.9 Å². The molecule has 3 aromatic rings. The van der Waals surface area contributed by atoms with E-state index in [1.54, 1.807) is 0 Å². The number of hydrogen-bond donors (Lipinski definition) is 5. The van der Waals surface area contributed by atoms with Crippen LogP contribution in [0.5, 0.6) is 0 Å². The molecule has 0 aliphatic heterocycles. The molecule has 0 spiro atoms. The molecule has 17 heteroatoms. The van der Waals surface area contributed by atoms with Crippen molar-refractivity contribution in [3.05, 3.63) is 64.3 Å². The lowest BCUT2D eigenvalue weighted by Crippen LogP contribution is -2.31. The molecule has 0 atom stereocenters. The zero-order chi connectivity index (χ0) is 28.7. The van der Waals surface area contributed by atoms with Gasteiger partial charge in [0.25, 0.3) is 11.8 Å². The summed E-state index contributed by atoms with van der Waals surface area (Å²) in [4.78, 5) is 57.5. The molecular formula is C22H17F4N7O5S. The van der Waals surface area contributed by atoms with Crippen LogP contribution in [0, 0.1) is 10.7 Å². The van der Waals surface area contributed by atoms with E-state index in [1.165, 1.54) is 24.3 Å². The summed E-state index contributed by atoms with van der Waals surface area (Å²) in [6, 6.07) is 5.44. The molecular weight excluding hydrogens is 550 g/mol. The van der Waals surface area contributed by atoms with Gasteiger partial charge in [-0.1, -0.05) is 12.1 Å². The number of nitrogens with two attached hydrogens (primary N) is 1. The Morgan fingerprint density at radius 2 is 1.67 bits per heavy atom. The highest BCUT2D eigenvalue weighted by Crippen LogP contribution is 2.34. The summed E-state index contributed by atoms with van der Waals surface area (Å²) in [5, 5.41) is 11.1. The van der Waals surface area contributed by atoms with Crippen molar-refractivity contribution in [2.75, 3.05) is 22.5 Å². The molecule has 204 valence electrons. The molecule has 0 radical (unpaired) electrons. The van der Waals surface area contributed by atoms with Crippen LogP contribution in [0.25, 0.3) is 10.4 Å². The van der Waals surface area contributed by atoms with Crippen molar-refractivity contribution < 1.29 is 36.7 Å². The van der Waals surface area contributed by atoms with Crippen LogP contribution in [-0.4, -0.2) is 34.8 Å². The van der Waals surface area contributed by atoms with Gasteiger partial charge in [0, 0.05) is 23.8 Å². The molecule has 0 unspecified atom stereocenters. The van der Waals surface area contributed by atoms with Gasteiger partial charge in [0.1, 0.15) is 11.4 Å². The molecule has 2 aromatic carbocycles. The van der Waals surface area contributed by atoms with Gasteiger partial charge < -0.3 is 21.7 Å². The van der Waals surface area contributed by atoms with E-state index in [4.69, 9.17) is 5.73 Å². The fourth-order valence-electron chi connectivity index (χ4n) is 3.07. The molecule has 1 heterocycles. The minimum absolute atomic E-state index is 0.126. The summed E-state index contributed by atoms with van der Waals surface area (Å²) in [5.41, 5.74) is 4.08. The Hall–Kier alpha value is -4.93. The van der Waals surface area contributed by atoms with E-state index in [9.17, 15) is 41.6 Å². The van der Waals surface area contributed by atoms with Gasteiger partial charge in [0.05, 0.1) is 16.1 Å². The van der Waals surface area contributed by atoms with E-state index in [0.717, 1.165) is 11.5 Å². The third-order valence-electron chi connectivity index (χ3n) is 4.84. The van der Waals surface area contributed by atoms with Crippen LogP contribution in [-0.2, 0) is 11.0 Å². The quantitative estimate of drug-likeness (QED) is 0.197. The van der Waals surface area contributed by atoms with Crippen LogP contribution in [0.4, 0.5) is 44.3 Å². The number of hydrogen-bond acceptors (Lipinski definition) is 7. The van der Waals surface area contributed by atoms with Gasteiger partial charge in [0.2, 0.25) is 0 Å². The predicted molar refractivity (Wildman–Crippen MR) is 133 cm³/mol. The Labute approximate surface area is 220 Å². The van der Waals surface area contributed by atoms with Crippen molar-refractivity contribution in [3.8, 4) is 10.4 Å². The number of halogens is 4. The molecule has 3 rings (SSSR count). The number of carbonyl (C=O) groups excluding carboxylic acids is 4. The lowest BCUT2D eigenvalue weighted by molar-refractivity contribution is -0.137. The fourth-order valence-corrected chi connectivity index (χ4v) is 3.92. The summed E-state index contributed by atoms with van der Waals surface area (Å²) >= 11 is 0.821. The van der Waals surface area contributed by atoms with Crippen molar-refractivity contribution >= 4 is 52.6 Å². The summed E-state index contributed by atoms with van der Waals surface area (Å²) < 4.78 is 56.5. The van der Waals surface area contributed by atoms with E-state index in [0.29, 0.717) is 23.8 Å². The third-order valence-corrected chi connectivity index (χ3v) is 5.74. The molecule has 0 aliphatic carbocycles. The van der Waals surface area contributed by atoms with Crippen LogP contribution in [0.15, 0.2) is 47.6 Å². The van der Waals surface area contributed by atoms with Crippen molar-refractivity contribution in [2.45, 2.75) is 12.6 Å². The van der Waals surface area contributed by atoms with E-state index in [1.807, 2.05) is 5.32 Å². The second-order valence-corrected chi connectivity index (χ2v) is 8.34. The van der Waals surface area contributed by atoms with Crippen molar-refractivity contribution in [1.29, 1.82) is 0 Å². The van der Waals surface area contributed by atoms with E-state index in [-0.39, 0.29) is 34.9 Å². The zero-order valence-electron chi connectivity index (χ0n) is 19.4. The smallest absolute Gasteiger partial charge is 0.365 e. The molecule has 0 saturated heterocycles. The first-order valence-corrected chi connectivity index (χ1v) is 11.4. The number of nitroso groups, excluding NO2 is 1. The lowest BCUT2D eigenvalue weighted by Gasteiger charge is -2.12. The number of amides is 6.